The Morgan fingerprint density at radius 2 is 2.14 bits per heavy atom. The maximum absolute atomic E-state index is 11.7. The van der Waals surface area contributed by atoms with Crippen LogP contribution in [0.3, 0.4) is 0 Å². The molecule has 6 heteroatoms. The first-order chi connectivity index (χ1) is 10.8. The Bertz CT molecular complexity index is 766. The summed E-state index contributed by atoms with van der Waals surface area (Å²) < 4.78 is 4.79. The predicted octanol–water partition coefficient (Wildman–Crippen LogP) is 4.27. The molecule has 0 aliphatic heterocycles. The van der Waals surface area contributed by atoms with Gasteiger partial charge in [0.05, 0.1) is 24.9 Å². The number of anilines is 1. The molecule has 0 saturated heterocycles. The number of carbonyl (C=O) groups excluding carboxylic acids is 1. The highest BCUT2D eigenvalue weighted by Gasteiger charge is 2.11. The Morgan fingerprint density at radius 3 is 2.91 bits per heavy atom. The van der Waals surface area contributed by atoms with E-state index >= 15 is 0 Å². The third kappa shape index (κ3) is 3.18. The van der Waals surface area contributed by atoms with Crippen molar-refractivity contribution in [1.82, 2.24) is 4.98 Å². The van der Waals surface area contributed by atoms with Crippen LogP contribution in [-0.2, 0) is 11.3 Å². The molecule has 1 N–H and O–H groups in total. The summed E-state index contributed by atoms with van der Waals surface area (Å²) >= 11 is 3.28. The molecule has 112 valence electrons. The third-order valence-electron chi connectivity index (χ3n) is 3.11. The third-order valence-corrected chi connectivity index (χ3v) is 4.74. The summed E-state index contributed by atoms with van der Waals surface area (Å²) in [6.07, 6.45) is 0. The van der Waals surface area contributed by atoms with E-state index in [9.17, 15) is 4.79 Å². The lowest BCUT2D eigenvalue weighted by Gasteiger charge is -2.09. The minimum absolute atomic E-state index is 0.347. The van der Waals surface area contributed by atoms with E-state index in [0.29, 0.717) is 12.1 Å². The molecule has 0 saturated carbocycles. The van der Waals surface area contributed by atoms with Gasteiger partial charge in [0.15, 0.2) is 0 Å². The molecule has 4 nitrogen and oxygen atoms in total. The number of esters is 1. The zero-order valence-electron chi connectivity index (χ0n) is 11.9. The van der Waals surface area contributed by atoms with E-state index in [1.54, 1.807) is 28.7 Å². The number of carbonyl (C=O) groups is 1. The number of benzene rings is 1. The van der Waals surface area contributed by atoms with Gasteiger partial charge in [0.2, 0.25) is 0 Å². The summed E-state index contributed by atoms with van der Waals surface area (Å²) in [5.41, 5.74) is 3.37. The molecule has 0 radical (unpaired) electrons. The molecule has 0 amide bonds. The number of nitrogens with zero attached hydrogens (tertiary/aromatic N) is 1. The lowest BCUT2D eigenvalue weighted by Crippen LogP contribution is -2.08. The largest absolute Gasteiger partial charge is 0.465 e. The van der Waals surface area contributed by atoms with E-state index in [-0.39, 0.29) is 5.97 Å². The van der Waals surface area contributed by atoms with Crippen molar-refractivity contribution in [3.63, 3.8) is 0 Å². The summed E-state index contributed by atoms with van der Waals surface area (Å²) in [7, 11) is 1.38. The van der Waals surface area contributed by atoms with Crippen LogP contribution in [0, 0.1) is 0 Å². The van der Waals surface area contributed by atoms with E-state index in [0.717, 1.165) is 22.0 Å². The fraction of sp³-hybridized carbons (Fsp3) is 0.125. The Labute approximate surface area is 136 Å². The number of aromatic nitrogens is 1. The molecule has 0 atom stereocenters. The maximum Gasteiger partial charge on any atom is 0.339 e. The number of thiophene rings is 1. The number of rotatable bonds is 5. The SMILES string of the molecule is COC(=O)c1ccccc1NCc1csc(-c2ccsc2)n1. The average molecular weight is 330 g/mol. The molecule has 3 rings (SSSR count). The Morgan fingerprint density at radius 1 is 1.27 bits per heavy atom. The molecule has 0 aliphatic rings. The van der Waals surface area contributed by atoms with Crippen molar-refractivity contribution in [3.05, 3.63) is 57.7 Å². The van der Waals surface area contributed by atoms with Crippen molar-refractivity contribution in [1.29, 1.82) is 0 Å². The molecule has 2 heterocycles. The van der Waals surface area contributed by atoms with Crippen molar-refractivity contribution in [2.45, 2.75) is 6.54 Å². The summed E-state index contributed by atoms with van der Waals surface area (Å²) in [6, 6.07) is 9.36. The minimum atomic E-state index is -0.347. The first-order valence-corrected chi connectivity index (χ1v) is 8.48. The second-order valence-corrected chi connectivity index (χ2v) is 6.18. The van der Waals surface area contributed by atoms with Gasteiger partial charge in [-0.25, -0.2) is 9.78 Å². The lowest BCUT2D eigenvalue weighted by molar-refractivity contribution is 0.0602. The zero-order valence-corrected chi connectivity index (χ0v) is 13.5. The number of hydrogen-bond donors (Lipinski definition) is 1. The van der Waals surface area contributed by atoms with Crippen LogP contribution in [0.15, 0.2) is 46.5 Å². The highest BCUT2D eigenvalue weighted by molar-refractivity contribution is 7.14. The van der Waals surface area contributed by atoms with Crippen molar-refractivity contribution in [3.8, 4) is 10.6 Å². The van der Waals surface area contributed by atoms with E-state index < -0.39 is 0 Å². The average Bonchev–Trinajstić information content (AvgIpc) is 3.23. The van der Waals surface area contributed by atoms with Crippen molar-refractivity contribution >= 4 is 34.3 Å². The fourth-order valence-electron chi connectivity index (χ4n) is 2.02. The van der Waals surface area contributed by atoms with Gasteiger partial charge in [-0.05, 0) is 23.6 Å². The maximum atomic E-state index is 11.7. The van der Waals surface area contributed by atoms with Crippen LogP contribution in [0.2, 0.25) is 0 Å². The quantitative estimate of drug-likeness (QED) is 0.710. The highest BCUT2D eigenvalue weighted by atomic mass is 32.1. The first-order valence-electron chi connectivity index (χ1n) is 6.66. The number of para-hydroxylation sites is 1. The van der Waals surface area contributed by atoms with Crippen molar-refractivity contribution in [2.24, 2.45) is 0 Å². The minimum Gasteiger partial charge on any atom is -0.465 e. The van der Waals surface area contributed by atoms with Crippen LogP contribution in [0.25, 0.3) is 10.6 Å². The van der Waals surface area contributed by atoms with Gasteiger partial charge >= 0.3 is 5.97 Å². The van der Waals surface area contributed by atoms with Gasteiger partial charge < -0.3 is 10.1 Å². The second-order valence-electron chi connectivity index (χ2n) is 4.55. The van der Waals surface area contributed by atoms with Gasteiger partial charge in [0.1, 0.15) is 5.01 Å². The zero-order chi connectivity index (χ0) is 15.4. The molecule has 22 heavy (non-hydrogen) atoms. The Kier molecular flexibility index (Phi) is 4.50. The Balaban J connectivity index is 1.72. The van der Waals surface area contributed by atoms with E-state index in [1.807, 2.05) is 29.0 Å². The number of hydrogen-bond acceptors (Lipinski definition) is 6. The van der Waals surface area contributed by atoms with Gasteiger partial charge in [-0.1, -0.05) is 12.1 Å². The van der Waals surface area contributed by atoms with Crippen LogP contribution < -0.4 is 5.32 Å². The van der Waals surface area contributed by atoms with E-state index in [4.69, 9.17) is 4.74 Å². The molecule has 0 spiro atoms. The first kappa shape index (κ1) is 14.7. The van der Waals surface area contributed by atoms with E-state index in [1.165, 1.54) is 7.11 Å². The van der Waals surface area contributed by atoms with Gasteiger partial charge in [0, 0.05) is 22.0 Å². The lowest BCUT2D eigenvalue weighted by atomic mass is 10.2. The van der Waals surface area contributed by atoms with Crippen molar-refractivity contribution < 1.29 is 9.53 Å². The van der Waals surface area contributed by atoms with Gasteiger partial charge in [-0.2, -0.15) is 11.3 Å². The highest BCUT2D eigenvalue weighted by Crippen LogP contribution is 2.26. The predicted molar refractivity (Wildman–Crippen MR) is 90.5 cm³/mol. The molecule has 0 unspecified atom stereocenters. The molecule has 0 aliphatic carbocycles. The van der Waals surface area contributed by atoms with Crippen molar-refractivity contribution in [2.75, 3.05) is 12.4 Å². The number of ether oxygens (including phenoxy) is 1. The molecule has 3 aromatic rings. The van der Waals surface area contributed by atoms with Gasteiger partial charge in [0.25, 0.3) is 0 Å². The summed E-state index contributed by atoms with van der Waals surface area (Å²) in [6.45, 7) is 0.564. The molecule has 0 fully saturated rings. The molecule has 2 aromatic heterocycles. The van der Waals surface area contributed by atoms with Crippen LogP contribution >= 0.6 is 22.7 Å². The Hall–Kier alpha value is -2.18. The van der Waals surface area contributed by atoms with Crippen LogP contribution in [0.4, 0.5) is 5.69 Å². The summed E-state index contributed by atoms with van der Waals surface area (Å²) in [5, 5.41) is 10.4. The van der Waals surface area contributed by atoms with Crippen LogP contribution in [0.1, 0.15) is 16.1 Å². The molecule has 1 aromatic carbocycles. The van der Waals surface area contributed by atoms with Gasteiger partial charge in [-0.15, -0.1) is 11.3 Å². The van der Waals surface area contributed by atoms with Crippen LogP contribution in [-0.4, -0.2) is 18.1 Å². The summed E-state index contributed by atoms with van der Waals surface area (Å²) in [5.74, 6) is -0.347. The molecule has 0 bridgehead atoms. The fourth-order valence-corrected chi connectivity index (χ4v) is 3.55. The topological polar surface area (TPSA) is 51.2 Å². The molecular weight excluding hydrogens is 316 g/mol. The number of methoxy groups -OCH3 is 1. The van der Waals surface area contributed by atoms with Crippen LogP contribution in [0.5, 0.6) is 0 Å². The van der Waals surface area contributed by atoms with Gasteiger partial charge in [-0.3, -0.25) is 0 Å². The monoisotopic (exact) mass is 330 g/mol. The second kappa shape index (κ2) is 6.72. The summed E-state index contributed by atoms with van der Waals surface area (Å²) in [4.78, 5) is 16.3. The normalized spacial score (nSPS) is 10.4. The smallest absolute Gasteiger partial charge is 0.339 e. The number of thiazole rings is 1. The molecular formula is C16H14N2O2S2. The van der Waals surface area contributed by atoms with E-state index in [2.05, 4.69) is 21.7 Å². The standard InChI is InChI=1S/C16H14N2O2S2/c1-20-16(19)13-4-2-3-5-14(13)17-8-12-10-22-15(18-12)11-6-7-21-9-11/h2-7,9-10,17H,8H2,1H3. The number of nitrogens with one attached hydrogen (secondary N) is 1.